The first-order valence-corrected chi connectivity index (χ1v) is 11.6. The molecule has 0 atom stereocenters. The van der Waals surface area contributed by atoms with E-state index in [9.17, 15) is 19.7 Å². The van der Waals surface area contributed by atoms with Crippen LogP contribution in [0.25, 0.3) is 16.9 Å². The number of ether oxygens (including phenoxy) is 1. The van der Waals surface area contributed by atoms with Gasteiger partial charge in [0.05, 0.1) is 11.5 Å². The molecule has 0 radical (unpaired) electrons. The number of nitrogens with two attached hydrogens (primary N) is 1. The van der Waals surface area contributed by atoms with Crippen LogP contribution in [0.5, 0.6) is 0 Å². The van der Waals surface area contributed by atoms with Gasteiger partial charge in [0.1, 0.15) is 23.7 Å². The number of rotatable bonds is 8. The molecular formula is C24H28N6O5. The SMILES string of the molecule is CCOC(=O)CNc1c(-c2cccc([N+](=O)[O-])c2)nc2cc(C(=O)NC3CCC(N)CC3)ccn12. The van der Waals surface area contributed by atoms with Crippen molar-refractivity contribution < 1.29 is 19.2 Å². The number of nitro benzene ring substituents is 1. The van der Waals surface area contributed by atoms with E-state index >= 15 is 0 Å². The standard InChI is InChI=1S/C24H28N6O5/c1-2-35-21(31)14-26-23-22(15-4-3-5-19(12-15)30(33)34)28-20-13-16(10-11-29(20)23)24(32)27-18-8-6-17(25)7-9-18/h3-5,10-13,17-18,26H,2,6-9,14,25H2,1H3,(H,27,32). The van der Waals surface area contributed by atoms with Gasteiger partial charge in [0.15, 0.2) is 0 Å². The van der Waals surface area contributed by atoms with Crippen LogP contribution < -0.4 is 16.4 Å². The molecule has 4 rings (SSSR count). The maximum atomic E-state index is 12.9. The summed E-state index contributed by atoms with van der Waals surface area (Å²) in [6, 6.07) is 9.68. The number of anilines is 1. The molecule has 1 aromatic carbocycles. The highest BCUT2D eigenvalue weighted by Gasteiger charge is 2.22. The highest BCUT2D eigenvalue weighted by Crippen LogP contribution is 2.31. The van der Waals surface area contributed by atoms with Crippen LogP contribution in [-0.4, -0.2) is 51.4 Å². The number of nitrogens with zero attached hydrogens (tertiary/aromatic N) is 3. The molecule has 0 unspecified atom stereocenters. The summed E-state index contributed by atoms with van der Waals surface area (Å²) in [7, 11) is 0. The van der Waals surface area contributed by atoms with Gasteiger partial charge in [0.2, 0.25) is 0 Å². The first-order valence-electron chi connectivity index (χ1n) is 11.6. The Morgan fingerprint density at radius 1 is 1.23 bits per heavy atom. The molecule has 1 aliphatic carbocycles. The Kier molecular flexibility index (Phi) is 7.25. The number of fused-ring (bicyclic) bond motifs is 1. The number of amides is 1. The molecule has 0 saturated heterocycles. The highest BCUT2D eigenvalue weighted by atomic mass is 16.6. The van der Waals surface area contributed by atoms with Crippen molar-refractivity contribution in [1.82, 2.24) is 14.7 Å². The summed E-state index contributed by atoms with van der Waals surface area (Å²) in [5, 5.41) is 17.4. The molecular weight excluding hydrogens is 452 g/mol. The molecule has 3 aromatic rings. The van der Waals surface area contributed by atoms with Crippen molar-refractivity contribution in [2.45, 2.75) is 44.7 Å². The number of esters is 1. The number of nitrogens with one attached hydrogen (secondary N) is 2. The predicted molar refractivity (Wildman–Crippen MR) is 130 cm³/mol. The van der Waals surface area contributed by atoms with Crippen LogP contribution in [0.3, 0.4) is 0 Å². The molecule has 1 fully saturated rings. The highest BCUT2D eigenvalue weighted by molar-refractivity contribution is 5.95. The molecule has 2 aromatic heterocycles. The minimum atomic E-state index is -0.481. The first kappa shape index (κ1) is 24.1. The molecule has 0 aliphatic heterocycles. The van der Waals surface area contributed by atoms with Gasteiger partial charge in [-0.1, -0.05) is 12.1 Å². The Hall–Kier alpha value is -3.99. The number of benzene rings is 1. The second kappa shape index (κ2) is 10.5. The zero-order valence-corrected chi connectivity index (χ0v) is 19.4. The third-order valence-corrected chi connectivity index (χ3v) is 6.03. The fraction of sp³-hybridized carbons (Fsp3) is 0.375. The third kappa shape index (κ3) is 5.57. The number of hydrogen-bond donors (Lipinski definition) is 3. The van der Waals surface area contributed by atoms with Crippen LogP contribution in [0.15, 0.2) is 42.6 Å². The van der Waals surface area contributed by atoms with Crippen LogP contribution >= 0.6 is 0 Å². The van der Waals surface area contributed by atoms with E-state index in [2.05, 4.69) is 15.6 Å². The molecule has 1 amide bonds. The largest absolute Gasteiger partial charge is 0.465 e. The Morgan fingerprint density at radius 2 is 2.00 bits per heavy atom. The van der Waals surface area contributed by atoms with Gasteiger partial charge in [0, 0.05) is 41.5 Å². The van der Waals surface area contributed by atoms with Gasteiger partial charge in [0.25, 0.3) is 11.6 Å². The van der Waals surface area contributed by atoms with Crippen LogP contribution in [0.4, 0.5) is 11.5 Å². The lowest BCUT2D eigenvalue weighted by Crippen LogP contribution is -2.40. The monoisotopic (exact) mass is 480 g/mol. The van der Waals surface area contributed by atoms with Crippen molar-refractivity contribution in [2.24, 2.45) is 5.73 Å². The predicted octanol–water partition coefficient (Wildman–Crippen LogP) is 2.88. The number of aromatic nitrogens is 2. The Balaban J connectivity index is 1.66. The van der Waals surface area contributed by atoms with Gasteiger partial charge in [-0.2, -0.15) is 0 Å². The molecule has 35 heavy (non-hydrogen) atoms. The Labute approximate surface area is 201 Å². The molecule has 184 valence electrons. The minimum absolute atomic E-state index is 0.0804. The van der Waals surface area contributed by atoms with Crippen LogP contribution in [0, 0.1) is 10.1 Å². The Morgan fingerprint density at radius 3 is 2.71 bits per heavy atom. The first-order chi connectivity index (χ1) is 16.9. The van der Waals surface area contributed by atoms with Gasteiger partial charge in [-0.05, 0) is 44.7 Å². The molecule has 1 saturated carbocycles. The van der Waals surface area contributed by atoms with Gasteiger partial charge < -0.3 is 21.1 Å². The van der Waals surface area contributed by atoms with Crippen molar-refractivity contribution >= 4 is 29.0 Å². The summed E-state index contributed by atoms with van der Waals surface area (Å²) in [5.41, 5.74) is 7.69. The lowest BCUT2D eigenvalue weighted by molar-refractivity contribution is -0.384. The van der Waals surface area contributed by atoms with E-state index in [4.69, 9.17) is 10.5 Å². The molecule has 2 heterocycles. The second-order valence-corrected chi connectivity index (χ2v) is 8.50. The van der Waals surface area contributed by atoms with Crippen molar-refractivity contribution in [3.05, 3.63) is 58.3 Å². The summed E-state index contributed by atoms with van der Waals surface area (Å²) in [5.74, 6) is -0.189. The summed E-state index contributed by atoms with van der Waals surface area (Å²) < 4.78 is 6.69. The molecule has 4 N–H and O–H groups in total. The van der Waals surface area contributed by atoms with Crippen LogP contribution in [-0.2, 0) is 9.53 Å². The van der Waals surface area contributed by atoms with Crippen molar-refractivity contribution in [2.75, 3.05) is 18.5 Å². The molecule has 11 nitrogen and oxygen atoms in total. The smallest absolute Gasteiger partial charge is 0.325 e. The number of nitro groups is 1. The normalized spacial score (nSPS) is 17.7. The minimum Gasteiger partial charge on any atom is -0.465 e. The fourth-order valence-electron chi connectivity index (χ4n) is 4.22. The van der Waals surface area contributed by atoms with E-state index in [1.54, 1.807) is 41.8 Å². The summed E-state index contributed by atoms with van der Waals surface area (Å²) in [6.45, 7) is 1.85. The maximum Gasteiger partial charge on any atom is 0.325 e. The third-order valence-electron chi connectivity index (χ3n) is 6.03. The van der Waals surface area contributed by atoms with E-state index in [1.807, 2.05) is 0 Å². The quantitative estimate of drug-likeness (QED) is 0.253. The molecule has 0 spiro atoms. The molecule has 11 heteroatoms. The number of pyridine rings is 1. The van der Waals surface area contributed by atoms with Crippen molar-refractivity contribution in [1.29, 1.82) is 0 Å². The topological polar surface area (TPSA) is 154 Å². The van der Waals surface area contributed by atoms with Gasteiger partial charge in [-0.3, -0.25) is 24.1 Å². The van der Waals surface area contributed by atoms with Gasteiger partial charge >= 0.3 is 5.97 Å². The fourth-order valence-corrected chi connectivity index (χ4v) is 4.22. The summed E-state index contributed by atoms with van der Waals surface area (Å²) in [4.78, 5) is 40.3. The Bertz CT molecular complexity index is 1250. The van der Waals surface area contributed by atoms with Crippen molar-refractivity contribution in [3.8, 4) is 11.3 Å². The second-order valence-electron chi connectivity index (χ2n) is 8.50. The summed E-state index contributed by atoms with van der Waals surface area (Å²) in [6.07, 6.45) is 5.13. The number of carbonyl (C=O) groups excluding carboxylic acids is 2. The van der Waals surface area contributed by atoms with E-state index < -0.39 is 10.9 Å². The molecule has 0 bridgehead atoms. The van der Waals surface area contributed by atoms with E-state index in [0.29, 0.717) is 28.3 Å². The average molecular weight is 481 g/mol. The van der Waals surface area contributed by atoms with Gasteiger partial charge in [-0.25, -0.2) is 4.98 Å². The zero-order chi connectivity index (χ0) is 24.9. The average Bonchev–Trinajstić information content (AvgIpc) is 3.22. The molecule has 1 aliphatic rings. The zero-order valence-electron chi connectivity index (χ0n) is 19.4. The number of hydrogen-bond acceptors (Lipinski definition) is 8. The van der Waals surface area contributed by atoms with E-state index in [0.717, 1.165) is 25.7 Å². The van der Waals surface area contributed by atoms with Crippen molar-refractivity contribution in [3.63, 3.8) is 0 Å². The maximum absolute atomic E-state index is 12.9. The van der Waals surface area contributed by atoms with Crippen LogP contribution in [0.2, 0.25) is 0 Å². The number of non-ortho nitro benzene ring substituents is 1. The van der Waals surface area contributed by atoms with E-state index in [1.165, 1.54) is 12.1 Å². The number of imidazole rings is 1. The summed E-state index contributed by atoms with van der Waals surface area (Å²) >= 11 is 0. The van der Waals surface area contributed by atoms with E-state index in [-0.39, 0.29) is 36.8 Å². The lowest BCUT2D eigenvalue weighted by atomic mass is 9.91. The number of carbonyl (C=O) groups is 2. The van der Waals surface area contributed by atoms with Gasteiger partial charge in [-0.15, -0.1) is 0 Å². The van der Waals surface area contributed by atoms with Crippen LogP contribution in [0.1, 0.15) is 43.0 Å². The lowest BCUT2D eigenvalue weighted by Gasteiger charge is -2.26.